The fraction of sp³-hybridized carbons (Fsp3) is 0.481. The van der Waals surface area contributed by atoms with Crippen LogP contribution >= 0.6 is 11.6 Å². The molecule has 204 valence electrons. The molecule has 2 aromatic carbocycles. The molecule has 1 N–H and O–H groups in total. The average molecular weight is 552 g/mol. The molecule has 0 aliphatic heterocycles. The number of benzene rings is 2. The number of carbonyl (C=O) groups excluding carboxylic acids is 2. The molecule has 2 aromatic rings. The van der Waals surface area contributed by atoms with Gasteiger partial charge in [0.2, 0.25) is 21.8 Å². The van der Waals surface area contributed by atoms with Gasteiger partial charge in [0.25, 0.3) is 0 Å². The Labute approximate surface area is 226 Å². The highest BCUT2D eigenvalue weighted by atomic mass is 35.5. The number of anilines is 1. The summed E-state index contributed by atoms with van der Waals surface area (Å²) in [5.41, 5.74) is 1.27. The molecule has 37 heavy (non-hydrogen) atoms. The lowest BCUT2D eigenvalue weighted by Gasteiger charge is -2.31. The Morgan fingerprint density at radius 2 is 1.81 bits per heavy atom. The molecule has 2 amide bonds. The molecular weight excluding hydrogens is 514 g/mol. The molecule has 0 fully saturated rings. The number of carbonyl (C=O) groups is 2. The van der Waals surface area contributed by atoms with E-state index >= 15 is 0 Å². The van der Waals surface area contributed by atoms with Crippen LogP contribution in [-0.4, -0.2) is 57.6 Å². The summed E-state index contributed by atoms with van der Waals surface area (Å²) in [7, 11) is -2.01. The van der Waals surface area contributed by atoms with Gasteiger partial charge in [0.1, 0.15) is 11.8 Å². The van der Waals surface area contributed by atoms with Crippen molar-refractivity contribution >= 4 is 39.1 Å². The minimum Gasteiger partial charge on any atom is -0.497 e. The highest BCUT2D eigenvalue weighted by Gasteiger charge is 2.29. The fourth-order valence-electron chi connectivity index (χ4n) is 3.94. The maximum atomic E-state index is 13.5. The van der Waals surface area contributed by atoms with Gasteiger partial charge in [-0.3, -0.25) is 13.9 Å². The molecule has 0 aromatic heterocycles. The quantitative estimate of drug-likeness (QED) is 0.373. The summed E-state index contributed by atoms with van der Waals surface area (Å²) in [4.78, 5) is 28.1. The Bertz CT molecular complexity index is 1160. The van der Waals surface area contributed by atoms with E-state index < -0.39 is 16.1 Å². The second-order valence-electron chi connectivity index (χ2n) is 9.35. The second kappa shape index (κ2) is 14.2. The number of nitrogens with one attached hydrogen (secondary N) is 1. The molecule has 0 saturated heterocycles. The first-order chi connectivity index (χ1) is 17.5. The normalized spacial score (nSPS) is 12.2. The first-order valence-corrected chi connectivity index (χ1v) is 14.6. The van der Waals surface area contributed by atoms with Crippen LogP contribution in [0.25, 0.3) is 0 Å². The van der Waals surface area contributed by atoms with Crippen molar-refractivity contribution < 1.29 is 22.7 Å². The molecule has 8 nitrogen and oxygen atoms in total. The van der Waals surface area contributed by atoms with Gasteiger partial charge in [0, 0.05) is 31.1 Å². The van der Waals surface area contributed by atoms with E-state index in [1.807, 2.05) is 45.0 Å². The first kappa shape index (κ1) is 30.4. The van der Waals surface area contributed by atoms with E-state index in [2.05, 4.69) is 5.32 Å². The summed E-state index contributed by atoms with van der Waals surface area (Å²) in [6.45, 7) is 6.74. The van der Waals surface area contributed by atoms with Crippen molar-refractivity contribution in [3.63, 3.8) is 0 Å². The minimum absolute atomic E-state index is 0.0739. The Morgan fingerprint density at radius 1 is 1.11 bits per heavy atom. The summed E-state index contributed by atoms with van der Waals surface area (Å²) in [6.07, 6.45) is 1.91. The SMILES string of the molecule is CC[C@@H](C(=O)NCC(C)C)N(Cc1cccc(OC)c1)C(=O)CCCN(c1cccc(Cl)c1)S(C)(=O)=O. The van der Waals surface area contributed by atoms with Gasteiger partial charge in [0.15, 0.2) is 0 Å². The van der Waals surface area contributed by atoms with Gasteiger partial charge in [0.05, 0.1) is 19.1 Å². The maximum absolute atomic E-state index is 13.5. The number of rotatable bonds is 14. The van der Waals surface area contributed by atoms with Crippen LogP contribution < -0.4 is 14.4 Å². The van der Waals surface area contributed by atoms with Crippen LogP contribution in [0.1, 0.15) is 45.6 Å². The number of hydrogen-bond acceptors (Lipinski definition) is 5. The van der Waals surface area contributed by atoms with Crippen molar-refractivity contribution in [1.29, 1.82) is 0 Å². The van der Waals surface area contributed by atoms with Gasteiger partial charge < -0.3 is 15.0 Å². The third-order valence-electron chi connectivity index (χ3n) is 5.81. The number of sulfonamides is 1. The first-order valence-electron chi connectivity index (χ1n) is 12.4. The zero-order chi connectivity index (χ0) is 27.6. The topological polar surface area (TPSA) is 96.0 Å². The van der Waals surface area contributed by atoms with Crippen LogP contribution in [0.4, 0.5) is 5.69 Å². The van der Waals surface area contributed by atoms with Crippen LogP contribution in [0.15, 0.2) is 48.5 Å². The third kappa shape index (κ3) is 9.55. The Morgan fingerprint density at radius 3 is 2.41 bits per heavy atom. The third-order valence-corrected chi connectivity index (χ3v) is 7.24. The molecule has 10 heteroatoms. The molecule has 0 radical (unpaired) electrons. The maximum Gasteiger partial charge on any atom is 0.242 e. The monoisotopic (exact) mass is 551 g/mol. The predicted octanol–water partition coefficient (Wildman–Crippen LogP) is 4.47. The van der Waals surface area contributed by atoms with Gasteiger partial charge >= 0.3 is 0 Å². The lowest BCUT2D eigenvalue weighted by Crippen LogP contribution is -2.49. The number of amides is 2. The number of ether oxygens (including phenoxy) is 1. The Hall–Kier alpha value is -2.78. The summed E-state index contributed by atoms with van der Waals surface area (Å²) >= 11 is 6.06. The average Bonchev–Trinajstić information content (AvgIpc) is 2.84. The fourth-order valence-corrected chi connectivity index (χ4v) is 5.09. The molecule has 2 rings (SSSR count). The number of methoxy groups -OCH3 is 1. The molecule has 0 unspecified atom stereocenters. The van der Waals surface area contributed by atoms with E-state index in [0.717, 1.165) is 11.8 Å². The number of nitrogens with zero attached hydrogens (tertiary/aromatic N) is 2. The van der Waals surface area contributed by atoms with Gasteiger partial charge in [-0.1, -0.05) is 50.6 Å². The van der Waals surface area contributed by atoms with Crippen LogP contribution in [0.5, 0.6) is 5.75 Å². The van der Waals surface area contributed by atoms with Gasteiger partial charge in [-0.25, -0.2) is 8.42 Å². The second-order valence-corrected chi connectivity index (χ2v) is 11.7. The van der Waals surface area contributed by atoms with Gasteiger partial charge in [-0.05, 0) is 54.7 Å². The van der Waals surface area contributed by atoms with E-state index in [-0.39, 0.29) is 43.7 Å². The summed E-state index contributed by atoms with van der Waals surface area (Å²) in [5.74, 6) is 0.503. The van der Waals surface area contributed by atoms with Gasteiger partial charge in [-0.15, -0.1) is 0 Å². The smallest absolute Gasteiger partial charge is 0.242 e. The standard InChI is InChI=1S/C27H38ClN3O5S/c1-6-25(27(33)29-18-20(2)3)30(19-21-10-7-13-24(16-21)36-4)26(32)14-9-15-31(37(5,34)35)23-12-8-11-22(28)17-23/h7-8,10-13,16-17,20,25H,6,9,14-15,18-19H2,1-5H3,(H,29,33)/t25-/m0/s1. The molecule has 0 bridgehead atoms. The van der Waals surface area contributed by atoms with Gasteiger partial charge in [-0.2, -0.15) is 0 Å². The lowest BCUT2D eigenvalue weighted by atomic mass is 10.1. The van der Waals surface area contributed by atoms with E-state index in [9.17, 15) is 18.0 Å². The largest absolute Gasteiger partial charge is 0.497 e. The molecular formula is C27H38ClN3O5S. The molecule has 0 heterocycles. The highest BCUT2D eigenvalue weighted by molar-refractivity contribution is 7.92. The van der Waals surface area contributed by atoms with Crippen molar-refractivity contribution in [3.8, 4) is 5.75 Å². The molecule has 0 aliphatic rings. The Balaban J connectivity index is 2.23. The van der Waals surface area contributed by atoms with Crippen LogP contribution in [-0.2, 0) is 26.2 Å². The summed E-state index contributed by atoms with van der Waals surface area (Å²) in [6, 6.07) is 13.3. The van der Waals surface area contributed by atoms with E-state index in [4.69, 9.17) is 16.3 Å². The predicted molar refractivity (Wildman–Crippen MR) is 148 cm³/mol. The van der Waals surface area contributed by atoms with Crippen molar-refractivity contribution in [2.75, 3.05) is 30.8 Å². The molecule has 0 spiro atoms. The lowest BCUT2D eigenvalue weighted by molar-refractivity contribution is -0.141. The summed E-state index contributed by atoms with van der Waals surface area (Å²) < 4.78 is 31.5. The van der Waals surface area contributed by atoms with Crippen molar-refractivity contribution in [1.82, 2.24) is 10.2 Å². The number of halogens is 1. The van der Waals surface area contributed by atoms with E-state index in [0.29, 0.717) is 29.4 Å². The van der Waals surface area contributed by atoms with Crippen LogP contribution in [0.3, 0.4) is 0 Å². The van der Waals surface area contributed by atoms with Crippen molar-refractivity contribution in [3.05, 3.63) is 59.1 Å². The van der Waals surface area contributed by atoms with E-state index in [1.54, 1.807) is 36.3 Å². The summed E-state index contributed by atoms with van der Waals surface area (Å²) in [5, 5.41) is 3.36. The Kier molecular flexibility index (Phi) is 11.7. The van der Waals surface area contributed by atoms with Crippen LogP contribution in [0, 0.1) is 5.92 Å². The van der Waals surface area contributed by atoms with Crippen molar-refractivity contribution in [2.45, 2.75) is 52.6 Å². The zero-order valence-corrected chi connectivity index (χ0v) is 23.8. The zero-order valence-electron chi connectivity index (χ0n) is 22.2. The van der Waals surface area contributed by atoms with E-state index in [1.165, 1.54) is 4.31 Å². The molecule has 0 saturated carbocycles. The molecule has 0 aliphatic carbocycles. The van der Waals surface area contributed by atoms with Crippen LogP contribution in [0.2, 0.25) is 5.02 Å². The minimum atomic E-state index is -3.59. The van der Waals surface area contributed by atoms with Crippen molar-refractivity contribution in [2.24, 2.45) is 5.92 Å². The molecule has 1 atom stereocenters. The highest BCUT2D eigenvalue weighted by Crippen LogP contribution is 2.23. The number of hydrogen-bond donors (Lipinski definition) is 1.